The minimum Gasteiger partial charge on any atom is -0.301 e. The highest BCUT2D eigenvalue weighted by Gasteiger charge is 2.30. The van der Waals surface area contributed by atoms with Crippen molar-refractivity contribution in [2.45, 2.75) is 32.2 Å². The van der Waals surface area contributed by atoms with Gasteiger partial charge in [0.05, 0.1) is 6.04 Å². The molecule has 4 heteroatoms. The van der Waals surface area contributed by atoms with E-state index in [0.29, 0.717) is 12.7 Å². The van der Waals surface area contributed by atoms with Crippen molar-refractivity contribution >= 4 is 18.1 Å². The van der Waals surface area contributed by atoms with Crippen LogP contribution in [-0.4, -0.2) is 29.0 Å². The van der Waals surface area contributed by atoms with Gasteiger partial charge in [-0.25, -0.2) is 0 Å². The number of unbranched alkanes of at least 4 members (excludes halogenated alkanes) is 1. The van der Waals surface area contributed by atoms with Gasteiger partial charge in [0.1, 0.15) is 6.29 Å². The zero-order valence-corrected chi connectivity index (χ0v) is 8.10. The molecule has 0 saturated carbocycles. The molecule has 1 aliphatic rings. The Morgan fingerprint density at radius 3 is 2.36 bits per heavy atom. The summed E-state index contributed by atoms with van der Waals surface area (Å²) in [6.07, 6.45) is 5.39. The molecule has 0 N–H and O–H groups in total. The van der Waals surface area contributed by atoms with E-state index >= 15 is 0 Å². The zero-order chi connectivity index (χ0) is 10.6. The van der Waals surface area contributed by atoms with E-state index in [4.69, 9.17) is 0 Å². The van der Waals surface area contributed by atoms with E-state index < -0.39 is 6.04 Å². The zero-order valence-electron chi connectivity index (χ0n) is 8.10. The number of rotatable bonds is 5. The molecule has 1 atom stereocenters. The number of hydrogen-bond donors (Lipinski definition) is 0. The van der Waals surface area contributed by atoms with Crippen molar-refractivity contribution in [3.8, 4) is 0 Å². The van der Waals surface area contributed by atoms with Gasteiger partial charge in [-0.3, -0.25) is 14.5 Å². The van der Waals surface area contributed by atoms with Crippen molar-refractivity contribution in [2.24, 2.45) is 0 Å². The number of imide groups is 1. The van der Waals surface area contributed by atoms with Crippen LogP contribution in [0.3, 0.4) is 0 Å². The highest BCUT2D eigenvalue weighted by atomic mass is 16.2. The molecule has 0 spiro atoms. The molecule has 14 heavy (non-hydrogen) atoms. The van der Waals surface area contributed by atoms with E-state index in [1.807, 2.05) is 6.92 Å². The Hall–Kier alpha value is -1.45. The monoisotopic (exact) mass is 195 g/mol. The maximum absolute atomic E-state index is 11.2. The van der Waals surface area contributed by atoms with Crippen LogP contribution in [0.4, 0.5) is 0 Å². The van der Waals surface area contributed by atoms with Crippen molar-refractivity contribution in [1.82, 2.24) is 4.90 Å². The average molecular weight is 195 g/mol. The number of hydrogen-bond acceptors (Lipinski definition) is 3. The molecular weight excluding hydrogens is 182 g/mol. The van der Waals surface area contributed by atoms with Gasteiger partial charge in [-0.1, -0.05) is 19.8 Å². The normalized spacial score (nSPS) is 17.6. The summed E-state index contributed by atoms with van der Waals surface area (Å²) in [5, 5.41) is 0. The number of carbonyl (C=O) groups excluding carboxylic acids is 3. The largest absolute Gasteiger partial charge is 0.301 e. The molecule has 0 radical (unpaired) electrons. The molecule has 0 aromatic rings. The lowest BCUT2D eigenvalue weighted by Gasteiger charge is -2.20. The van der Waals surface area contributed by atoms with Gasteiger partial charge in [0, 0.05) is 12.2 Å². The Bertz CT molecular complexity index is 265. The highest BCUT2D eigenvalue weighted by Crippen LogP contribution is 2.12. The fourth-order valence-corrected chi connectivity index (χ4v) is 1.41. The molecular formula is C10H13NO3. The number of carbonyl (C=O) groups is 3. The highest BCUT2D eigenvalue weighted by molar-refractivity contribution is 6.14. The minimum atomic E-state index is -0.593. The third-order valence-corrected chi connectivity index (χ3v) is 2.19. The summed E-state index contributed by atoms with van der Waals surface area (Å²) in [4.78, 5) is 34.1. The number of amides is 2. The first-order valence-corrected chi connectivity index (χ1v) is 4.71. The molecule has 4 nitrogen and oxygen atoms in total. The Kier molecular flexibility index (Phi) is 3.56. The Morgan fingerprint density at radius 1 is 1.36 bits per heavy atom. The van der Waals surface area contributed by atoms with Gasteiger partial charge < -0.3 is 4.79 Å². The van der Waals surface area contributed by atoms with Gasteiger partial charge in [-0.05, 0) is 6.42 Å². The van der Waals surface area contributed by atoms with Gasteiger partial charge in [0.15, 0.2) is 0 Å². The predicted octanol–water partition coefficient (Wildman–Crippen LogP) is 0.669. The topological polar surface area (TPSA) is 54.5 Å². The summed E-state index contributed by atoms with van der Waals surface area (Å²) < 4.78 is 0. The summed E-state index contributed by atoms with van der Waals surface area (Å²) >= 11 is 0. The van der Waals surface area contributed by atoms with E-state index in [1.165, 1.54) is 12.2 Å². The lowest BCUT2D eigenvalue weighted by Crippen LogP contribution is -2.41. The molecule has 2 amide bonds. The molecule has 0 aliphatic carbocycles. The van der Waals surface area contributed by atoms with Crippen molar-refractivity contribution in [2.75, 3.05) is 0 Å². The first-order valence-electron chi connectivity index (χ1n) is 4.71. The van der Waals surface area contributed by atoms with Crippen LogP contribution >= 0.6 is 0 Å². The second-order valence-electron chi connectivity index (χ2n) is 3.23. The fraction of sp³-hybridized carbons (Fsp3) is 0.500. The standard InChI is InChI=1S/C10H13NO3/c1-2-3-4-8(7-12)11-9(13)5-6-10(11)14/h5-8H,2-4H2,1H3. The van der Waals surface area contributed by atoms with Crippen LogP contribution in [0.1, 0.15) is 26.2 Å². The third-order valence-electron chi connectivity index (χ3n) is 2.19. The second kappa shape index (κ2) is 4.69. The lowest BCUT2D eigenvalue weighted by atomic mass is 10.1. The molecule has 0 saturated heterocycles. The van der Waals surface area contributed by atoms with E-state index in [0.717, 1.165) is 17.7 Å². The Morgan fingerprint density at radius 2 is 1.93 bits per heavy atom. The van der Waals surface area contributed by atoms with Crippen LogP contribution in [-0.2, 0) is 14.4 Å². The molecule has 1 rings (SSSR count). The third kappa shape index (κ3) is 2.07. The summed E-state index contributed by atoms with van der Waals surface area (Å²) in [6.45, 7) is 1.99. The number of nitrogens with zero attached hydrogens (tertiary/aromatic N) is 1. The van der Waals surface area contributed by atoms with Gasteiger partial charge in [0.25, 0.3) is 11.8 Å². The van der Waals surface area contributed by atoms with Crippen molar-refractivity contribution < 1.29 is 14.4 Å². The molecule has 0 bridgehead atoms. The Labute approximate surface area is 82.6 Å². The minimum absolute atomic E-state index is 0.386. The van der Waals surface area contributed by atoms with Crippen LogP contribution in [0.2, 0.25) is 0 Å². The van der Waals surface area contributed by atoms with E-state index in [9.17, 15) is 14.4 Å². The van der Waals surface area contributed by atoms with E-state index in [1.54, 1.807) is 0 Å². The predicted molar refractivity (Wildman–Crippen MR) is 50.4 cm³/mol. The second-order valence-corrected chi connectivity index (χ2v) is 3.23. The van der Waals surface area contributed by atoms with Gasteiger partial charge in [0.2, 0.25) is 0 Å². The molecule has 0 fully saturated rings. The molecule has 0 aromatic heterocycles. The molecule has 76 valence electrons. The van der Waals surface area contributed by atoms with Crippen LogP contribution in [0.5, 0.6) is 0 Å². The average Bonchev–Trinajstić information content (AvgIpc) is 2.50. The van der Waals surface area contributed by atoms with Crippen LogP contribution < -0.4 is 0 Å². The van der Waals surface area contributed by atoms with Crippen molar-refractivity contribution in [1.29, 1.82) is 0 Å². The maximum atomic E-state index is 11.2. The molecule has 0 aromatic carbocycles. The fourth-order valence-electron chi connectivity index (χ4n) is 1.41. The van der Waals surface area contributed by atoms with Gasteiger partial charge in [-0.2, -0.15) is 0 Å². The summed E-state index contributed by atoms with van der Waals surface area (Å²) in [5.41, 5.74) is 0. The summed E-state index contributed by atoms with van der Waals surface area (Å²) in [6, 6.07) is -0.593. The van der Waals surface area contributed by atoms with Gasteiger partial charge >= 0.3 is 0 Å². The first kappa shape index (κ1) is 10.6. The molecule has 1 unspecified atom stereocenters. The maximum Gasteiger partial charge on any atom is 0.254 e. The molecule has 1 heterocycles. The first-order chi connectivity index (χ1) is 6.70. The van der Waals surface area contributed by atoms with Crippen LogP contribution in [0.15, 0.2) is 12.2 Å². The lowest BCUT2D eigenvalue weighted by molar-refractivity contribution is -0.142. The van der Waals surface area contributed by atoms with Crippen LogP contribution in [0, 0.1) is 0 Å². The van der Waals surface area contributed by atoms with Crippen molar-refractivity contribution in [3.63, 3.8) is 0 Å². The smallest absolute Gasteiger partial charge is 0.254 e. The quantitative estimate of drug-likeness (QED) is 0.478. The number of aldehydes is 1. The van der Waals surface area contributed by atoms with E-state index in [-0.39, 0.29) is 11.8 Å². The molecule has 1 aliphatic heterocycles. The van der Waals surface area contributed by atoms with Crippen LogP contribution in [0.25, 0.3) is 0 Å². The SMILES string of the molecule is CCCCC(C=O)N1C(=O)C=CC1=O. The Balaban J connectivity index is 2.65. The van der Waals surface area contributed by atoms with E-state index in [2.05, 4.69) is 0 Å². The van der Waals surface area contributed by atoms with Crippen molar-refractivity contribution in [3.05, 3.63) is 12.2 Å². The summed E-state index contributed by atoms with van der Waals surface area (Å²) in [7, 11) is 0. The van der Waals surface area contributed by atoms with Gasteiger partial charge in [-0.15, -0.1) is 0 Å². The summed E-state index contributed by atoms with van der Waals surface area (Å²) in [5.74, 6) is -0.772.